The summed E-state index contributed by atoms with van der Waals surface area (Å²) in [6.07, 6.45) is -4.19. The Morgan fingerprint density at radius 2 is 1.82 bits per heavy atom. The van der Waals surface area contributed by atoms with Crippen LogP contribution in [0.25, 0.3) is 0 Å². The van der Waals surface area contributed by atoms with Crippen molar-refractivity contribution >= 4 is 11.9 Å². The molecule has 2 heterocycles. The summed E-state index contributed by atoms with van der Waals surface area (Å²) in [6.45, 7) is 0.298. The Labute approximate surface area is 122 Å². The predicted molar refractivity (Wildman–Crippen MR) is 68.3 cm³/mol. The fourth-order valence-corrected chi connectivity index (χ4v) is 2.31. The first-order valence-corrected chi connectivity index (χ1v) is 6.52. The summed E-state index contributed by atoms with van der Waals surface area (Å²) in [5.74, 6) is -2.19. The number of carbonyl (C=O) groups excluding carboxylic acids is 1. The quantitative estimate of drug-likeness (QED) is 0.861. The Morgan fingerprint density at radius 1 is 1.23 bits per heavy atom. The summed E-state index contributed by atoms with van der Waals surface area (Å²) < 4.78 is 37.4. The highest BCUT2D eigenvalue weighted by atomic mass is 19.4. The van der Waals surface area contributed by atoms with Crippen LogP contribution >= 0.6 is 0 Å². The first-order chi connectivity index (χ1) is 10.2. The van der Waals surface area contributed by atoms with Crippen LogP contribution in [0.1, 0.15) is 28.9 Å². The molecule has 0 bridgehead atoms. The molecule has 0 aromatic carbocycles. The van der Waals surface area contributed by atoms with Crippen molar-refractivity contribution < 1.29 is 27.9 Å². The zero-order valence-electron chi connectivity index (χ0n) is 11.3. The third-order valence-electron chi connectivity index (χ3n) is 3.58. The zero-order chi connectivity index (χ0) is 16.5. The van der Waals surface area contributed by atoms with Gasteiger partial charge in [-0.05, 0) is 25.0 Å². The lowest BCUT2D eigenvalue weighted by molar-refractivity contribution is -0.143. The third-order valence-corrected chi connectivity index (χ3v) is 3.58. The number of pyridine rings is 1. The summed E-state index contributed by atoms with van der Waals surface area (Å²) in [5, 5.41) is 8.87. The highest BCUT2D eigenvalue weighted by Crippen LogP contribution is 2.26. The van der Waals surface area contributed by atoms with Crippen LogP contribution in [0.4, 0.5) is 13.2 Å². The van der Waals surface area contributed by atoms with E-state index in [1.165, 1.54) is 4.90 Å². The van der Waals surface area contributed by atoms with E-state index in [4.69, 9.17) is 5.11 Å². The second-order valence-electron chi connectivity index (χ2n) is 5.02. The molecule has 0 spiro atoms. The van der Waals surface area contributed by atoms with Crippen molar-refractivity contribution in [1.82, 2.24) is 9.88 Å². The number of H-pyrrole nitrogens is 1. The molecule has 9 heteroatoms. The van der Waals surface area contributed by atoms with Crippen molar-refractivity contribution in [2.75, 3.05) is 13.1 Å². The standard InChI is InChI=1S/C13H13F3N2O4/c14-13(15,16)9-2-1-8(10(19)17-9)11(20)18-5-3-7(4-6-18)12(21)22/h1-2,7H,3-6H2,(H,17,19)(H,21,22). The molecule has 6 nitrogen and oxygen atoms in total. The molecule has 1 aromatic rings. The summed E-state index contributed by atoms with van der Waals surface area (Å²) >= 11 is 0. The van der Waals surface area contributed by atoms with Gasteiger partial charge < -0.3 is 15.0 Å². The molecular formula is C13H13F3N2O4. The number of likely N-dealkylation sites (tertiary alicyclic amines) is 1. The van der Waals surface area contributed by atoms with Gasteiger partial charge in [-0.15, -0.1) is 0 Å². The van der Waals surface area contributed by atoms with E-state index in [-0.39, 0.29) is 31.5 Å². The lowest BCUT2D eigenvalue weighted by atomic mass is 9.97. The van der Waals surface area contributed by atoms with Crippen LogP contribution in [0.2, 0.25) is 0 Å². The maximum Gasteiger partial charge on any atom is 0.431 e. The molecule has 120 valence electrons. The van der Waals surface area contributed by atoms with E-state index < -0.39 is 35.2 Å². The van der Waals surface area contributed by atoms with Crippen molar-refractivity contribution in [1.29, 1.82) is 0 Å². The van der Waals surface area contributed by atoms with Crippen LogP contribution in [-0.4, -0.2) is 40.0 Å². The van der Waals surface area contributed by atoms with Crippen molar-refractivity contribution in [2.24, 2.45) is 5.92 Å². The van der Waals surface area contributed by atoms with Crippen LogP contribution in [0.15, 0.2) is 16.9 Å². The number of nitrogens with one attached hydrogen (secondary N) is 1. The molecule has 0 atom stereocenters. The molecule has 0 unspecified atom stereocenters. The van der Waals surface area contributed by atoms with Gasteiger partial charge in [0.2, 0.25) is 0 Å². The van der Waals surface area contributed by atoms with Crippen molar-refractivity contribution in [3.8, 4) is 0 Å². The SMILES string of the molecule is O=C(O)C1CCN(C(=O)c2ccc(C(F)(F)F)[nH]c2=O)CC1. The monoisotopic (exact) mass is 318 g/mol. The van der Waals surface area contributed by atoms with E-state index in [0.717, 1.165) is 6.07 Å². The largest absolute Gasteiger partial charge is 0.481 e. The first kappa shape index (κ1) is 16.1. The molecule has 0 saturated carbocycles. The molecule has 22 heavy (non-hydrogen) atoms. The number of carboxylic acids is 1. The van der Waals surface area contributed by atoms with Gasteiger partial charge in [-0.2, -0.15) is 13.2 Å². The number of aromatic nitrogens is 1. The number of aromatic amines is 1. The van der Waals surface area contributed by atoms with Crippen LogP contribution in [0.3, 0.4) is 0 Å². The number of aliphatic carboxylic acids is 1. The number of carbonyl (C=O) groups is 2. The van der Waals surface area contributed by atoms with Gasteiger partial charge in [0.25, 0.3) is 11.5 Å². The number of nitrogens with zero attached hydrogens (tertiary/aromatic N) is 1. The van der Waals surface area contributed by atoms with Crippen molar-refractivity contribution in [2.45, 2.75) is 19.0 Å². The Balaban J connectivity index is 2.14. The van der Waals surface area contributed by atoms with E-state index >= 15 is 0 Å². The summed E-state index contributed by atoms with van der Waals surface area (Å²) in [5.41, 5.74) is -2.72. The molecular weight excluding hydrogens is 305 g/mol. The Kier molecular flexibility index (Phi) is 4.25. The molecule has 1 fully saturated rings. The fraction of sp³-hybridized carbons (Fsp3) is 0.462. The minimum Gasteiger partial charge on any atom is -0.481 e. The van der Waals surface area contributed by atoms with E-state index in [1.54, 1.807) is 4.98 Å². The molecule has 1 aliphatic rings. The minimum absolute atomic E-state index is 0.149. The predicted octanol–water partition coefficient (Wildman–Crippen LogP) is 1.33. The summed E-state index contributed by atoms with van der Waals surface area (Å²) in [4.78, 5) is 37.5. The smallest absolute Gasteiger partial charge is 0.431 e. The van der Waals surface area contributed by atoms with Gasteiger partial charge in [0, 0.05) is 13.1 Å². The molecule has 0 radical (unpaired) electrons. The van der Waals surface area contributed by atoms with Crippen molar-refractivity contribution in [3.05, 3.63) is 33.7 Å². The zero-order valence-corrected chi connectivity index (χ0v) is 11.3. The summed E-state index contributed by atoms with van der Waals surface area (Å²) in [6, 6.07) is 1.48. The topological polar surface area (TPSA) is 90.5 Å². The molecule has 0 aliphatic carbocycles. The molecule has 1 aliphatic heterocycles. The molecule has 1 amide bonds. The number of hydrogen-bond donors (Lipinski definition) is 2. The second-order valence-corrected chi connectivity index (χ2v) is 5.02. The average molecular weight is 318 g/mol. The third kappa shape index (κ3) is 3.29. The highest BCUT2D eigenvalue weighted by Gasteiger charge is 2.33. The van der Waals surface area contributed by atoms with Gasteiger partial charge in [-0.1, -0.05) is 0 Å². The van der Waals surface area contributed by atoms with Crippen LogP contribution in [0.5, 0.6) is 0 Å². The van der Waals surface area contributed by atoms with Gasteiger partial charge in [0.15, 0.2) is 0 Å². The van der Waals surface area contributed by atoms with Crippen LogP contribution in [-0.2, 0) is 11.0 Å². The minimum atomic E-state index is -4.69. The van der Waals surface area contributed by atoms with Crippen molar-refractivity contribution in [3.63, 3.8) is 0 Å². The maximum atomic E-state index is 12.5. The maximum absolute atomic E-state index is 12.5. The number of rotatable bonds is 2. The second kappa shape index (κ2) is 5.82. The van der Waals surface area contributed by atoms with Gasteiger partial charge in [-0.25, -0.2) is 0 Å². The number of carboxylic acid groups (broad SMARTS) is 1. The molecule has 1 saturated heterocycles. The molecule has 1 aromatic heterocycles. The lowest BCUT2D eigenvalue weighted by Gasteiger charge is -2.29. The lowest BCUT2D eigenvalue weighted by Crippen LogP contribution is -2.42. The fourth-order valence-electron chi connectivity index (χ4n) is 2.31. The van der Waals surface area contributed by atoms with E-state index in [1.807, 2.05) is 0 Å². The first-order valence-electron chi connectivity index (χ1n) is 6.52. The average Bonchev–Trinajstić information content (AvgIpc) is 2.45. The van der Waals surface area contributed by atoms with Gasteiger partial charge >= 0.3 is 12.1 Å². The van der Waals surface area contributed by atoms with Gasteiger partial charge in [-0.3, -0.25) is 14.4 Å². The van der Waals surface area contributed by atoms with E-state index in [0.29, 0.717) is 6.07 Å². The molecule has 2 rings (SSSR count). The van der Waals surface area contributed by atoms with E-state index in [9.17, 15) is 27.6 Å². The Morgan fingerprint density at radius 3 is 2.27 bits per heavy atom. The number of halogens is 3. The highest BCUT2D eigenvalue weighted by molar-refractivity contribution is 5.94. The Bertz CT molecular complexity index is 645. The van der Waals surface area contributed by atoms with Crippen LogP contribution in [0, 0.1) is 5.92 Å². The number of alkyl halides is 3. The van der Waals surface area contributed by atoms with Gasteiger partial charge in [0.05, 0.1) is 5.92 Å². The van der Waals surface area contributed by atoms with Gasteiger partial charge in [0.1, 0.15) is 11.3 Å². The van der Waals surface area contributed by atoms with Crippen LogP contribution < -0.4 is 5.56 Å². The Hall–Kier alpha value is -2.32. The van der Waals surface area contributed by atoms with E-state index in [2.05, 4.69) is 0 Å². The number of amides is 1. The molecule has 2 N–H and O–H groups in total. The summed E-state index contributed by atoms with van der Waals surface area (Å²) in [7, 11) is 0. The number of piperidine rings is 1. The number of hydrogen-bond acceptors (Lipinski definition) is 3. The normalized spacial score (nSPS) is 16.6.